The first-order valence-electron chi connectivity index (χ1n) is 22.6. The SMILES string of the molecule is CCCCCCCCCC/C=C/[C@@H](O)[C@H](COP(=O)(O)OCC[N+](C)(C)C)NC(=O)CCCCCCCCCCCCCCCCCCCCCCC. The van der Waals surface area contributed by atoms with Gasteiger partial charge >= 0.3 is 7.82 Å². The quantitative estimate of drug-likeness (QED) is 0.0247. The number of phosphoric acid groups is 1. The van der Waals surface area contributed by atoms with Gasteiger partial charge in [-0.15, -0.1) is 0 Å². The minimum Gasteiger partial charge on any atom is -0.387 e. The summed E-state index contributed by atoms with van der Waals surface area (Å²) in [5.74, 6) is -0.175. The van der Waals surface area contributed by atoms with Gasteiger partial charge in [-0.05, 0) is 19.3 Å². The van der Waals surface area contributed by atoms with E-state index in [0.717, 1.165) is 38.5 Å². The fourth-order valence-electron chi connectivity index (χ4n) is 6.63. The molecule has 0 fully saturated rings. The number of allylic oxidation sites excluding steroid dienone is 1. The number of quaternary nitrogens is 1. The normalized spacial score (nSPS) is 14.5. The number of aliphatic hydroxyl groups excluding tert-OH is 1. The van der Waals surface area contributed by atoms with Gasteiger partial charge < -0.3 is 19.8 Å². The van der Waals surface area contributed by atoms with Gasteiger partial charge in [0.2, 0.25) is 5.91 Å². The predicted octanol–water partition coefficient (Wildman–Crippen LogP) is 12.4. The summed E-state index contributed by atoms with van der Waals surface area (Å²) in [6.07, 6.45) is 41.4. The zero-order valence-corrected chi connectivity index (χ0v) is 36.7. The molecule has 8 nitrogen and oxygen atoms in total. The van der Waals surface area contributed by atoms with Crippen molar-refractivity contribution in [3.05, 3.63) is 12.2 Å². The molecule has 0 aromatic carbocycles. The second-order valence-corrected chi connectivity index (χ2v) is 18.2. The molecule has 0 aliphatic carbocycles. The second-order valence-electron chi connectivity index (χ2n) is 16.8. The molecule has 1 unspecified atom stereocenters. The van der Waals surface area contributed by atoms with Crippen LogP contribution in [0.4, 0.5) is 0 Å². The molecule has 0 spiro atoms. The van der Waals surface area contributed by atoms with Crippen LogP contribution in [0.1, 0.15) is 213 Å². The van der Waals surface area contributed by atoms with Gasteiger partial charge in [-0.3, -0.25) is 13.8 Å². The molecule has 0 heterocycles. The van der Waals surface area contributed by atoms with Gasteiger partial charge in [0.25, 0.3) is 0 Å². The van der Waals surface area contributed by atoms with Gasteiger partial charge in [0.1, 0.15) is 13.2 Å². The lowest BCUT2D eigenvalue weighted by atomic mass is 10.0. The average Bonchev–Trinajstić information content (AvgIpc) is 3.10. The van der Waals surface area contributed by atoms with Gasteiger partial charge in [-0.1, -0.05) is 199 Å². The number of likely N-dealkylation sites (N-methyl/N-ethyl adjacent to an activating group) is 1. The first-order chi connectivity index (χ1) is 25.5. The van der Waals surface area contributed by atoms with Crippen molar-refractivity contribution in [1.82, 2.24) is 5.32 Å². The van der Waals surface area contributed by atoms with Gasteiger partial charge in [0.05, 0.1) is 39.9 Å². The van der Waals surface area contributed by atoms with Gasteiger partial charge in [-0.25, -0.2) is 4.57 Å². The van der Waals surface area contributed by atoms with Crippen molar-refractivity contribution in [2.75, 3.05) is 40.9 Å². The molecule has 1 amide bonds. The Morgan fingerprint density at radius 3 is 1.40 bits per heavy atom. The lowest BCUT2D eigenvalue weighted by Crippen LogP contribution is -2.45. The molecule has 0 aromatic heterocycles. The number of phosphoric ester groups is 1. The minimum atomic E-state index is -4.33. The van der Waals surface area contributed by atoms with E-state index in [1.165, 1.54) is 154 Å². The van der Waals surface area contributed by atoms with Crippen LogP contribution in [0.3, 0.4) is 0 Å². The smallest absolute Gasteiger partial charge is 0.387 e. The molecule has 0 aliphatic rings. The fraction of sp³-hybridized carbons (Fsp3) is 0.932. The summed E-state index contributed by atoms with van der Waals surface area (Å²) in [5, 5.41) is 13.8. The summed E-state index contributed by atoms with van der Waals surface area (Å²) in [6.45, 7) is 4.81. The highest BCUT2D eigenvalue weighted by atomic mass is 31.2. The molecular weight excluding hydrogens is 683 g/mol. The van der Waals surface area contributed by atoms with Crippen LogP contribution in [0, 0.1) is 0 Å². The Balaban J connectivity index is 4.23. The van der Waals surface area contributed by atoms with Crippen LogP contribution in [0.2, 0.25) is 0 Å². The Morgan fingerprint density at radius 2 is 1.00 bits per heavy atom. The summed E-state index contributed by atoms with van der Waals surface area (Å²) in [7, 11) is 1.58. The number of carbonyl (C=O) groups excluding carboxylic acids is 1. The number of nitrogens with one attached hydrogen (secondary N) is 1. The third-order valence-electron chi connectivity index (χ3n) is 10.3. The maximum Gasteiger partial charge on any atom is 0.472 e. The summed E-state index contributed by atoms with van der Waals surface area (Å²) in [4.78, 5) is 23.1. The van der Waals surface area contributed by atoms with Crippen molar-refractivity contribution in [2.45, 2.75) is 225 Å². The van der Waals surface area contributed by atoms with E-state index in [-0.39, 0.29) is 19.1 Å². The standard InChI is InChI=1S/C44H89N2O6P/c1-6-8-10-12-14-16-18-19-20-21-22-23-24-25-26-27-28-30-32-34-36-38-44(48)45-42(41-52-53(49,50)51-40-39-46(3,4)5)43(47)37-35-33-31-29-17-15-13-11-9-7-2/h35,37,42-43,47H,6-34,36,38-41H2,1-5H3,(H-,45,48,49,50)/p+1/b37-35+/t42-,43+/m0/s1. The lowest BCUT2D eigenvalue weighted by Gasteiger charge is -2.25. The molecule has 9 heteroatoms. The van der Waals surface area contributed by atoms with Crippen molar-refractivity contribution in [2.24, 2.45) is 0 Å². The molecule has 0 radical (unpaired) electrons. The van der Waals surface area contributed by atoms with Crippen molar-refractivity contribution < 1.29 is 32.9 Å². The van der Waals surface area contributed by atoms with Crippen LogP contribution in [0.15, 0.2) is 12.2 Å². The Hall–Kier alpha value is -0.760. The molecule has 3 N–H and O–H groups in total. The number of rotatable bonds is 41. The predicted molar refractivity (Wildman–Crippen MR) is 226 cm³/mol. The molecule has 53 heavy (non-hydrogen) atoms. The van der Waals surface area contributed by atoms with Gasteiger partial charge in [0.15, 0.2) is 0 Å². The Morgan fingerprint density at radius 1 is 0.623 bits per heavy atom. The zero-order valence-electron chi connectivity index (χ0n) is 35.8. The van der Waals surface area contributed by atoms with Gasteiger partial charge in [0, 0.05) is 6.42 Å². The number of nitrogens with zero attached hydrogens (tertiary/aromatic N) is 1. The highest BCUT2D eigenvalue weighted by Crippen LogP contribution is 2.43. The second kappa shape index (κ2) is 36.9. The maximum absolute atomic E-state index is 12.8. The van der Waals surface area contributed by atoms with E-state index in [1.807, 2.05) is 27.2 Å². The zero-order chi connectivity index (χ0) is 39.3. The first-order valence-corrected chi connectivity index (χ1v) is 24.1. The number of amides is 1. The number of aliphatic hydroxyl groups is 1. The largest absolute Gasteiger partial charge is 0.472 e. The Kier molecular flexibility index (Phi) is 36.3. The van der Waals surface area contributed by atoms with Crippen LogP contribution in [0.5, 0.6) is 0 Å². The molecule has 0 saturated heterocycles. The molecule has 316 valence electrons. The Bertz CT molecular complexity index is 880. The number of hydrogen-bond acceptors (Lipinski definition) is 5. The fourth-order valence-corrected chi connectivity index (χ4v) is 7.37. The molecule has 0 aliphatic heterocycles. The summed E-state index contributed by atoms with van der Waals surface area (Å²) >= 11 is 0. The van der Waals surface area contributed by atoms with Crippen LogP contribution in [0.25, 0.3) is 0 Å². The number of unbranched alkanes of at least 4 members (excludes halogenated alkanes) is 28. The van der Waals surface area contributed by atoms with Crippen LogP contribution in [-0.2, 0) is 18.4 Å². The molecule has 3 atom stereocenters. The molecule has 0 bridgehead atoms. The molecule has 0 aromatic rings. The summed E-state index contributed by atoms with van der Waals surface area (Å²) < 4.78 is 23.5. The summed E-state index contributed by atoms with van der Waals surface area (Å²) in [6, 6.07) is -0.838. The van der Waals surface area contributed by atoms with Crippen LogP contribution in [-0.4, -0.2) is 73.4 Å². The van der Waals surface area contributed by atoms with E-state index in [2.05, 4.69) is 19.2 Å². The Labute approximate surface area is 329 Å². The van der Waals surface area contributed by atoms with E-state index in [0.29, 0.717) is 17.4 Å². The van der Waals surface area contributed by atoms with E-state index in [4.69, 9.17) is 9.05 Å². The molecule has 0 rings (SSSR count). The van der Waals surface area contributed by atoms with Gasteiger partial charge in [-0.2, -0.15) is 0 Å². The van der Waals surface area contributed by atoms with Crippen molar-refractivity contribution in [1.29, 1.82) is 0 Å². The maximum atomic E-state index is 12.8. The number of hydrogen-bond donors (Lipinski definition) is 3. The molecule has 0 saturated carbocycles. The summed E-state index contributed by atoms with van der Waals surface area (Å²) in [5.41, 5.74) is 0. The van der Waals surface area contributed by atoms with E-state index in [9.17, 15) is 19.4 Å². The average molecular weight is 774 g/mol. The topological polar surface area (TPSA) is 105 Å². The molecular formula is C44H90N2O6P+. The van der Waals surface area contributed by atoms with E-state index >= 15 is 0 Å². The first kappa shape index (κ1) is 52.2. The third-order valence-corrected chi connectivity index (χ3v) is 11.2. The third kappa shape index (κ3) is 39.3. The van der Waals surface area contributed by atoms with E-state index in [1.54, 1.807) is 6.08 Å². The minimum absolute atomic E-state index is 0.0643. The van der Waals surface area contributed by atoms with E-state index < -0.39 is 20.0 Å². The van der Waals surface area contributed by atoms with Crippen LogP contribution < -0.4 is 5.32 Å². The lowest BCUT2D eigenvalue weighted by molar-refractivity contribution is -0.870. The highest BCUT2D eigenvalue weighted by Gasteiger charge is 2.27. The van der Waals surface area contributed by atoms with Crippen molar-refractivity contribution >= 4 is 13.7 Å². The number of carbonyl (C=O) groups is 1. The monoisotopic (exact) mass is 774 g/mol. The van der Waals surface area contributed by atoms with Crippen molar-refractivity contribution in [3.8, 4) is 0 Å². The van der Waals surface area contributed by atoms with Crippen molar-refractivity contribution in [3.63, 3.8) is 0 Å². The highest BCUT2D eigenvalue weighted by molar-refractivity contribution is 7.47. The van der Waals surface area contributed by atoms with Crippen LogP contribution >= 0.6 is 7.82 Å².